The van der Waals surface area contributed by atoms with Gasteiger partial charge in [-0.3, -0.25) is 4.79 Å². The van der Waals surface area contributed by atoms with Crippen molar-refractivity contribution in [2.75, 3.05) is 45.8 Å². The molecule has 4 aliphatic heterocycles. The maximum atomic E-state index is 13.2. The number of hydrogen-bond acceptors (Lipinski definition) is 5. The molecule has 4 heterocycles. The summed E-state index contributed by atoms with van der Waals surface area (Å²) < 4.78 is 40.7. The second-order valence-corrected chi connectivity index (χ2v) is 10.1. The number of hydrogen-bond donors (Lipinski definition) is 0. The van der Waals surface area contributed by atoms with Crippen LogP contribution in [0.15, 0.2) is 40.6 Å². The minimum atomic E-state index is -4.73. The first-order chi connectivity index (χ1) is 17.2. The molecule has 0 aliphatic carbocycles. The quantitative estimate of drug-likeness (QED) is 0.582. The van der Waals surface area contributed by atoms with Crippen LogP contribution < -0.4 is 4.74 Å². The number of amides is 3. The van der Waals surface area contributed by atoms with Gasteiger partial charge in [-0.05, 0) is 54.9 Å². The lowest BCUT2D eigenvalue weighted by Gasteiger charge is -2.35. The van der Waals surface area contributed by atoms with E-state index in [0.29, 0.717) is 36.4 Å². The van der Waals surface area contributed by atoms with Crippen LogP contribution in [0.25, 0.3) is 6.08 Å². The fourth-order valence-corrected chi connectivity index (χ4v) is 5.76. The number of benzene rings is 1. The van der Waals surface area contributed by atoms with E-state index in [0.717, 1.165) is 52.0 Å². The molecule has 3 fully saturated rings. The smallest absolute Gasteiger partial charge is 0.406 e. The number of rotatable bonds is 3. The fraction of sp³-hybridized carbons (Fsp3) is 0.600. The van der Waals surface area contributed by atoms with Crippen molar-refractivity contribution < 1.29 is 27.5 Å². The number of halogens is 3. The Morgan fingerprint density at radius 3 is 2.19 bits per heavy atom. The Morgan fingerprint density at radius 1 is 0.889 bits per heavy atom. The predicted molar refractivity (Wildman–Crippen MR) is 125 cm³/mol. The normalized spacial score (nSPS) is 28.2. The van der Waals surface area contributed by atoms with Gasteiger partial charge in [0.15, 0.2) is 0 Å². The maximum absolute atomic E-state index is 13.2. The molecule has 5 rings (SSSR count). The molecule has 0 N–H and O–H groups in total. The van der Waals surface area contributed by atoms with Crippen LogP contribution in [0.4, 0.5) is 18.0 Å². The number of likely N-dealkylation sites (tertiary alicyclic amines) is 3. The van der Waals surface area contributed by atoms with Crippen molar-refractivity contribution in [2.24, 2.45) is 28.0 Å². The zero-order valence-corrected chi connectivity index (χ0v) is 19.9. The fourth-order valence-electron chi connectivity index (χ4n) is 5.76. The Labute approximate surface area is 207 Å². The lowest BCUT2D eigenvalue weighted by Crippen LogP contribution is -2.50. The largest absolute Gasteiger partial charge is 0.573 e. The van der Waals surface area contributed by atoms with Crippen LogP contribution in [-0.4, -0.2) is 84.9 Å². The maximum Gasteiger partial charge on any atom is 0.573 e. The van der Waals surface area contributed by atoms with Gasteiger partial charge in [0.2, 0.25) is 5.91 Å². The molecule has 0 spiro atoms. The van der Waals surface area contributed by atoms with E-state index in [1.54, 1.807) is 6.08 Å². The van der Waals surface area contributed by atoms with Gasteiger partial charge in [0.1, 0.15) is 5.75 Å². The van der Waals surface area contributed by atoms with Crippen LogP contribution in [-0.2, 0) is 4.79 Å². The van der Waals surface area contributed by atoms with E-state index in [9.17, 15) is 22.8 Å². The van der Waals surface area contributed by atoms with E-state index in [1.807, 2.05) is 14.7 Å². The number of ether oxygens (including phenoxy) is 1. The Hall–Kier alpha value is -3.11. The number of urea groups is 1. The van der Waals surface area contributed by atoms with Crippen molar-refractivity contribution in [3.63, 3.8) is 0 Å². The Balaban J connectivity index is 1.10. The average molecular weight is 506 g/mol. The number of alkyl halides is 3. The van der Waals surface area contributed by atoms with Crippen LogP contribution in [0.2, 0.25) is 0 Å². The first-order valence-electron chi connectivity index (χ1n) is 12.5. The molecule has 4 aliphatic rings. The van der Waals surface area contributed by atoms with Crippen molar-refractivity contribution in [2.45, 2.75) is 31.7 Å². The number of nitrogens with zero attached hydrogens (tertiary/aromatic N) is 5. The van der Waals surface area contributed by atoms with Crippen LogP contribution in [0.5, 0.6) is 5.75 Å². The summed E-state index contributed by atoms with van der Waals surface area (Å²) in [5.41, 5.74) is 0.614. The number of carbonyl (C=O) groups is 2. The van der Waals surface area contributed by atoms with E-state index in [1.165, 1.54) is 30.3 Å². The van der Waals surface area contributed by atoms with Gasteiger partial charge in [0, 0.05) is 51.3 Å². The molecule has 0 bridgehead atoms. The van der Waals surface area contributed by atoms with Gasteiger partial charge in [0.05, 0.1) is 12.6 Å². The third-order valence-electron chi connectivity index (χ3n) is 7.74. The van der Waals surface area contributed by atoms with Crippen LogP contribution in [0, 0.1) is 17.8 Å². The highest BCUT2D eigenvalue weighted by molar-refractivity contribution is 5.91. The summed E-state index contributed by atoms with van der Waals surface area (Å²) >= 11 is 0. The zero-order chi connectivity index (χ0) is 25.3. The first kappa shape index (κ1) is 24.6. The molecule has 11 heteroatoms. The lowest BCUT2D eigenvalue weighted by atomic mass is 9.92. The monoisotopic (exact) mass is 505 g/mol. The minimum absolute atomic E-state index is 0.117. The molecule has 0 radical (unpaired) electrons. The molecule has 3 amide bonds. The molecule has 0 saturated carbocycles. The molecular formula is C25H30F3N5O3. The van der Waals surface area contributed by atoms with E-state index in [-0.39, 0.29) is 23.7 Å². The highest BCUT2D eigenvalue weighted by atomic mass is 19.4. The summed E-state index contributed by atoms with van der Waals surface area (Å²) in [7, 11) is 0. The molecule has 1 aromatic carbocycles. The molecule has 194 valence electrons. The predicted octanol–water partition coefficient (Wildman–Crippen LogP) is 4.05. The van der Waals surface area contributed by atoms with E-state index < -0.39 is 6.36 Å². The standard InChI is InChI=1S/C25H30F3N5O3/c26-25(27,28)36-21-4-1-17(2-5-21)3-6-23(34)31-10-7-18-14-33(15-19(18)8-11-31)24(35)32-12-9-22-20(16-32)13-29-30-22/h1-6,18-20,22H,7-16H2. The summed E-state index contributed by atoms with van der Waals surface area (Å²) in [5.74, 6) is 0.701. The Morgan fingerprint density at radius 2 is 1.53 bits per heavy atom. The van der Waals surface area contributed by atoms with E-state index in [2.05, 4.69) is 15.0 Å². The van der Waals surface area contributed by atoms with Crippen molar-refractivity contribution >= 4 is 18.0 Å². The Kier molecular flexibility index (Phi) is 6.90. The number of piperidine rings is 1. The van der Waals surface area contributed by atoms with Crippen molar-refractivity contribution in [1.29, 1.82) is 0 Å². The first-order valence-corrected chi connectivity index (χ1v) is 12.5. The lowest BCUT2D eigenvalue weighted by molar-refractivity contribution is -0.274. The third kappa shape index (κ3) is 5.65. The molecule has 4 unspecified atom stereocenters. The summed E-state index contributed by atoms with van der Waals surface area (Å²) in [6.45, 7) is 4.89. The summed E-state index contributed by atoms with van der Waals surface area (Å²) in [5, 5.41) is 8.43. The second-order valence-electron chi connectivity index (χ2n) is 10.1. The van der Waals surface area contributed by atoms with Crippen LogP contribution >= 0.6 is 0 Å². The molecule has 1 aromatic rings. The second kappa shape index (κ2) is 10.1. The third-order valence-corrected chi connectivity index (χ3v) is 7.74. The van der Waals surface area contributed by atoms with Gasteiger partial charge in [-0.2, -0.15) is 10.2 Å². The van der Waals surface area contributed by atoms with Gasteiger partial charge in [0.25, 0.3) is 0 Å². The minimum Gasteiger partial charge on any atom is -0.406 e. The summed E-state index contributed by atoms with van der Waals surface area (Å²) in [4.78, 5) is 31.7. The van der Waals surface area contributed by atoms with Gasteiger partial charge < -0.3 is 19.4 Å². The summed E-state index contributed by atoms with van der Waals surface area (Å²) in [6, 6.07) is 5.79. The SMILES string of the molecule is O=C(C=Cc1ccc(OC(F)(F)F)cc1)N1CCC2CN(C(=O)N3CCC4N=NCC4C3)CC2CC1. The number of carbonyl (C=O) groups excluding carboxylic acids is 2. The van der Waals surface area contributed by atoms with Gasteiger partial charge >= 0.3 is 12.4 Å². The van der Waals surface area contributed by atoms with Gasteiger partial charge in [-0.15, -0.1) is 13.2 Å². The van der Waals surface area contributed by atoms with Crippen molar-refractivity contribution in [3.05, 3.63) is 35.9 Å². The van der Waals surface area contributed by atoms with Crippen LogP contribution in [0.3, 0.4) is 0 Å². The number of azo groups is 1. The van der Waals surface area contributed by atoms with Crippen molar-refractivity contribution in [1.82, 2.24) is 14.7 Å². The van der Waals surface area contributed by atoms with Gasteiger partial charge in [-0.25, -0.2) is 4.79 Å². The molecule has 4 atom stereocenters. The molecule has 3 saturated heterocycles. The molecule has 36 heavy (non-hydrogen) atoms. The number of fused-ring (bicyclic) bond motifs is 2. The van der Waals surface area contributed by atoms with Crippen molar-refractivity contribution in [3.8, 4) is 5.75 Å². The van der Waals surface area contributed by atoms with Crippen LogP contribution in [0.1, 0.15) is 24.8 Å². The highest BCUT2D eigenvalue weighted by Gasteiger charge is 2.41. The van der Waals surface area contributed by atoms with Gasteiger partial charge in [-0.1, -0.05) is 12.1 Å². The topological polar surface area (TPSA) is 77.8 Å². The zero-order valence-electron chi connectivity index (χ0n) is 19.9. The summed E-state index contributed by atoms with van der Waals surface area (Å²) in [6.07, 6.45) is 0.904. The molecule has 0 aromatic heterocycles. The van der Waals surface area contributed by atoms with E-state index in [4.69, 9.17) is 0 Å². The Bertz CT molecular complexity index is 1010. The molecular weight excluding hydrogens is 475 g/mol. The molecule has 8 nitrogen and oxygen atoms in total. The van der Waals surface area contributed by atoms with E-state index >= 15 is 0 Å². The highest BCUT2D eigenvalue weighted by Crippen LogP contribution is 2.34. The average Bonchev–Trinajstić information content (AvgIpc) is 3.44.